The molecule has 3 N–H and O–H groups in total. The fraction of sp³-hybridized carbons (Fsp3) is 0.385. The first-order valence-electron chi connectivity index (χ1n) is 27.5. The third kappa shape index (κ3) is 13.1. The number of anilines is 1. The average molecular weight is 1150 g/mol. The Morgan fingerprint density at radius 1 is 0.825 bits per heavy atom. The molecule has 4 aliphatic heterocycles. The molecule has 0 fully saturated rings. The van der Waals surface area contributed by atoms with Gasteiger partial charge in [0.05, 0.1) is 16.5 Å². The summed E-state index contributed by atoms with van der Waals surface area (Å²) < 4.78 is 8.54. The molecule has 0 spiro atoms. The Morgan fingerprint density at radius 2 is 1.50 bits per heavy atom. The Labute approximate surface area is 480 Å². The number of carbonyl (C=O) groups excluding carboxylic acids is 7. The normalized spacial score (nSPS) is 17.5. The highest BCUT2D eigenvalue weighted by Crippen LogP contribution is 2.49. The molecule has 9 rings (SSSR count). The minimum Gasteiger partial charge on any atom is -1.00 e. The van der Waals surface area contributed by atoms with Crippen molar-refractivity contribution in [2.24, 2.45) is 0 Å². The van der Waals surface area contributed by atoms with E-state index in [4.69, 9.17) is 23.9 Å². The summed E-state index contributed by atoms with van der Waals surface area (Å²) in [6.45, 7) is 19.0. The lowest BCUT2D eigenvalue weighted by atomic mass is 9.78. The van der Waals surface area contributed by atoms with Gasteiger partial charge in [-0.05, 0) is 125 Å². The van der Waals surface area contributed by atoms with Crippen molar-refractivity contribution in [3.63, 3.8) is 0 Å². The zero-order valence-electron chi connectivity index (χ0n) is 47.1. The molecule has 14 nitrogen and oxygen atoms in total. The summed E-state index contributed by atoms with van der Waals surface area (Å²) >= 11 is 0. The predicted octanol–water partition coefficient (Wildman–Crippen LogP) is 8.42. The van der Waals surface area contributed by atoms with Gasteiger partial charge < -0.3 is 46.9 Å². The molecule has 0 radical (unpaired) electrons. The number of rotatable bonds is 21. The van der Waals surface area contributed by atoms with Gasteiger partial charge in [0.2, 0.25) is 11.6 Å². The SMILES string of the molecule is CCC[N+]1=C(C=CC=C2N(CCCCCC(=O)NCCCCCC(=O)COc3ccc4[nH]c5c(c4c3)CCN3C=C(C(=O)c4ccccc4O)C=C(C)[C@]53C)c3ccccc3C2(C)C)C(C)(C)c2ccccc21.O=C=O.O=C=O.[Br-]. The minimum absolute atomic E-state index is 0. The molecule has 4 aliphatic rings. The van der Waals surface area contributed by atoms with Crippen molar-refractivity contribution >= 4 is 57.8 Å². The molecule has 1 aromatic heterocycles. The van der Waals surface area contributed by atoms with E-state index in [2.05, 4.69) is 140 Å². The number of ether oxygens (including phenoxy) is 1. The van der Waals surface area contributed by atoms with E-state index in [9.17, 15) is 19.5 Å². The van der Waals surface area contributed by atoms with Crippen molar-refractivity contribution in [3.05, 3.63) is 166 Å². The molecule has 0 bridgehead atoms. The maximum atomic E-state index is 13.4. The zero-order valence-corrected chi connectivity index (χ0v) is 48.7. The first-order valence-corrected chi connectivity index (χ1v) is 27.5. The van der Waals surface area contributed by atoms with E-state index in [1.54, 1.807) is 18.2 Å². The summed E-state index contributed by atoms with van der Waals surface area (Å²) in [5, 5.41) is 14.5. The Morgan fingerprint density at radius 3 is 2.24 bits per heavy atom. The van der Waals surface area contributed by atoms with E-state index >= 15 is 0 Å². The fourth-order valence-corrected chi connectivity index (χ4v) is 11.9. The number of para-hydroxylation sites is 3. The second kappa shape index (κ2) is 27.4. The number of hydrogen-bond acceptors (Lipinski definition) is 11. The Kier molecular flexibility index (Phi) is 21.1. The molecule has 420 valence electrons. The second-order valence-electron chi connectivity index (χ2n) is 21.8. The highest BCUT2D eigenvalue weighted by atomic mass is 79.9. The molecular weight excluding hydrogens is 1070 g/mol. The van der Waals surface area contributed by atoms with Crippen LogP contribution in [0.1, 0.15) is 139 Å². The number of ketones is 2. The summed E-state index contributed by atoms with van der Waals surface area (Å²) in [7, 11) is 0. The number of nitrogens with zero attached hydrogens (tertiary/aromatic N) is 3. The molecule has 1 amide bonds. The lowest BCUT2D eigenvalue weighted by Gasteiger charge is -2.47. The monoisotopic (exact) mass is 1150 g/mol. The molecule has 0 saturated heterocycles. The van der Waals surface area contributed by atoms with E-state index in [0.29, 0.717) is 42.8 Å². The number of phenols is 1. The van der Waals surface area contributed by atoms with E-state index in [1.165, 1.54) is 45.5 Å². The molecule has 80 heavy (non-hydrogen) atoms. The van der Waals surface area contributed by atoms with Gasteiger partial charge in [-0.1, -0.05) is 88.2 Å². The standard InChI is InChI=1S/C63H73N5O5.2CO2.BrH/c1-8-36-67-53-26-16-14-24-50(53)61(3,4)56(67)29-21-30-57-62(5,6)51-25-15-17-27-54(51)68(57)37-20-10-12-31-58(71)64-35-19-9-11-22-45(69)42-73-46-32-33-52-49(40-46)47-34-38-66-41-44(39-43(2)63(66,7)60(47)65-52)59(72)48-23-13-18-28-55(48)70;2*2-1-3;/h13-18,21,23-30,32-33,39-41,65H,8-12,19-20,22,31,34-38,42H2,1-7H3,(H-,64,70,71,72);;;1H/t63-;;;/m1.../s1. The van der Waals surface area contributed by atoms with Crippen LogP contribution in [0.5, 0.6) is 11.5 Å². The number of allylic oxidation sites excluding steroid dienone is 6. The van der Waals surface area contributed by atoms with Gasteiger partial charge in [-0.2, -0.15) is 23.8 Å². The number of phenolic OH excluding ortho intramolecular Hbond substituents is 1. The molecule has 15 heteroatoms. The van der Waals surface area contributed by atoms with Crippen LogP contribution in [0.2, 0.25) is 0 Å². The zero-order chi connectivity index (χ0) is 56.9. The highest BCUT2D eigenvalue weighted by molar-refractivity contribution is 6.12. The van der Waals surface area contributed by atoms with Crippen LogP contribution in [-0.4, -0.2) is 87.8 Å². The third-order valence-electron chi connectivity index (χ3n) is 16.1. The maximum Gasteiger partial charge on any atom is 0.373 e. The van der Waals surface area contributed by atoms with Crippen molar-refractivity contribution < 1.29 is 65.0 Å². The maximum absolute atomic E-state index is 13.4. The van der Waals surface area contributed by atoms with Gasteiger partial charge in [0.1, 0.15) is 24.7 Å². The van der Waals surface area contributed by atoms with Gasteiger partial charge in [-0.15, -0.1) is 0 Å². The van der Waals surface area contributed by atoms with Crippen molar-refractivity contribution in [3.8, 4) is 11.5 Å². The topological polar surface area (TPSA) is 186 Å². The molecule has 0 aliphatic carbocycles. The van der Waals surface area contributed by atoms with E-state index in [1.807, 2.05) is 30.5 Å². The molecule has 5 heterocycles. The number of aromatic nitrogens is 1. The Balaban J connectivity index is 0.00000141. The highest BCUT2D eigenvalue weighted by Gasteiger charge is 2.45. The van der Waals surface area contributed by atoms with Crippen LogP contribution >= 0.6 is 0 Å². The van der Waals surface area contributed by atoms with E-state index in [-0.39, 0.29) is 69.9 Å². The quantitative estimate of drug-likeness (QED) is 0.0364. The predicted molar refractivity (Wildman–Crippen MR) is 304 cm³/mol. The van der Waals surface area contributed by atoms with Gasteiger partial charge in [-0.3, -0.25) is 14.4 Å². The van der Waals surface area contributed by atoms with Crippen LogP contribution in [0.15, 0.2) is 138 Å². The third-order valence-corrected chi connectivity index (χ3v) is 16.1. The number of nitrogens with one attached hydrogen (secondary N) is 2. The number of halogens is 1. The van der Waals surface area contributed by atoms with Crippen molar-refractivity contribution in [1.29, 1.82) is 0 Å². The average Bonchev–Trinajstić information content (AvgIpc) is 4.08. The number of Topliss-reactive ketones (excluding diaryl/α,β-unsaturated/α-hetero) is 2. The van der Waals surface area contributed by atoms with Crippen molar-refractivity contribution in [1.82, 2.24) is 15.2 Å². The lowest BCUT2D eigenvalue weighted by Crippen LogP contribution is -3.00. The van der Waals surface area contributed by atoms with Gasteiger partial charge in [-0.25, -0.2) is 0 Å². The van der Waals surface area contributed by atoms with Gasteiger partial charge >= 0.3 is 12.3 Å². The summed E-state index contributed by atoms with van der Waals surface area (Å²) in [5.74, 6) is 0.586. The Hall–Kier alpha value is -7.70. The van der Waals surface area contributed by atoms with Gasteiger partial charge in [0.25, 0.3) is 0 Å². The largest absolute Gasteiger partial charge is 1.00 e. The van der Waals surface area contributed by atoms with Crippen molar-refractivity contribution in [2.75, 3.05) is 37.7 Å². The molecule has 0 unspecified atom stereocenters. The van der Waals surface area contributed by atoms with Gasteiger partial charge in [0.15, 0.2) is 17.3 Å². The molecule has 0 saturated carbocycles. The summed E-state index contributed by atoms with van der Waals surface area (Å²) in [6, 6.07) is 30.2. The first kappa shape index (κ1) is 61.5. The number of fused-ring (bicyclic) bond motifs is 7. The van der Waals surface area contributed by atoms with Crippen LogP contribution in [0.3, 0.4) is 0 Å². The summed E-state index contributed by atoms with van der Waals surface area (Å²) in [4.78, 5) is 80.0. The van der Waals surface area contributed by atoms with Crippen LogP contribution in [0.25, 0.3) is 10.9 Å². The first-order chi connectivity index (χ1) is 38.0. The van der Waals surface area contributed by atoms with E-state index < -0.39 is 5.54 Å². The molecular formula is C65H74BrN5O9. The smallest absolute Gasteiger partial charge is 0.373 e. The molecule has 5 aromatic rings. The minimum atomic E-state index is -0.477. The van der Waals surface area contributed by atoms with Crippen LogP contribution in [0, 0.1) is 0 Å². The number of hydrogen-bond donors (Lipinski definition) is 3. The number of carbonyl (C=O) groups is 3. The fourth-order valence-electron chi connectivity index (χ4n) is 11.9. The van der Waals surface area contributed by atoms with Gasteiger partial charge in [0, 0.05) is 102 Å². The summed E-state index contributed by atoms with van der Waals surface area (Å²) in [5.41, 5.74) is 12.4. The second-order valence-corrected chi connectivity index (χ2v) is 21.8. The molecule has 1 atom stereocenters. The number of aromatic amines is 1. The summed E-state index contributed by atoms with van der Waals surface area (Å²) in [6.07, 6.45) is 19.3. The molecule has 4 aromatic carbocycles. The number of aromatic hydroxyl groups is 1. The number of benzene rings is 4. The van der Waals surface area contributed by atoms with Crippen molar-refractivity contribution in [2.45, 2.75) is 129 Å². The van der Waals surface area contributed by atoms with Crippen LogP contribution in [-0.2, 0) is 51.6 Å². The van der Waals surface area contributed by atoms with Crippen LogP contribution < -0.4 is 31.9 Å². The van der Waals surface area contributed by atoms with E-state index in [0.717, 1.165) is 86.6 Å². The number of H-pyrrole nitrogens is 1. The number of amides is 1. The lowest BCUT2D eigenvalue weighted by molar-refractivity contribution is -0.437. The van der Waals surface area contributed by atoms with Crippen LogP contribution in [0.4, 0.5) is 11.4 Å². The number of unbranched alkanes of at least 4 members (excludes halogenated alkanes) is 4. The Bertz CT molecular complexity index is 3300.